The molecule has 5 nitrogen and oxygen atoms in total. The highest BCUT2D eigenvalue weighted by Crippen LogP contribution is 2.36. The molecule has 0 bridgehead atoms. The number of halogens is 3. The fourth-order valence-corrected chi connectivity index (χ4v) is 2.49. The highest BCUT2D eigenvalue weighted by Gasteiger charge is 2.41. The van der Waals surface area contributed by atoms with Crippen LogP contribution in [0.5, 0.6) is 0 Å². The summed E-state index contributed by atoms with van der Waals surface area (Å²) in [6.07, 6.45) is -4.13. The van der Waals surface area contributed by atoms with Crippen LogP contribution in [0.4, 0.5) is 30.2 Å². The molecule has 1 saturated heterocycles. The van der Waals surface area contributed by atoms with Gasteiger partial charge in [0.05, 0.1) is 10.8 Å². The highest BCUT2D eigenvalue weighted by molar-refractivity contribution is 5.64. The molecule has 0 saturated carbocycles. The van der Waals surface area contributed by atoms with Crippen molar-refractivity contribution in [2.24, 2.45) is 5.92 Å². The summed E-state index contributed by atoms with van der Waals surface area (Å²) in [6.45, 7) is 0.489. The number of hydrogen-bond donors (Lipinski definition) is 1. The molecule has 1 N–H and O–H groups in total. The lowest BCUT2D eigenvalue weighted by Gasteiger charge is -2.34. The maximum Gasteiger partial charge on any atom is 0.391 e. The summed E-state index contributed by atoms with van der Waals surface area (Å²) in [6, 6.07) is 4.50. The lowest BCUT2D eigenvalue weighted by atomic mass is 9.96. The van der Waals surface area contributed by atoms with E-state index in [1.807, 2.05) is 0 Å². The fraction of sp³-hybridized carbons (Fsp3) is 0.538. The molecular weight excluding hydrogens is 287 g/mol. The van der Waals surface area contributed by atoms with E-state index in [0.717, 1.165) is 0 Å². The van der Waals surface area contributed by atoms with Gasteiger partial charge < -0.3 is 10.2 Å². The fourth-order valence-electron chi connectivity index (χ4n) is 2.49. The number of nitrogens with one attached hydrogen (secondary N) is 1. The summed E-state index contributed by atoms with van der Waals surface area (Å²) >= 11 is 0. The van der Waals surface area contributed by atoms with Crippen LogP contribution in [0.25, 0.3) is 0 Å². The third-order valence-corrected chi connectivity index (χ3v) is 3.73. The SMILES string of the molecule is CNc1cc(N2CCC(C(F)(F)F)CC2)cc([N+](=O)[O-])c1. The summed E-state index contributed by atoms with van der Waals surface area (Å²) in [5, 5.41) is 13.7. The Hall–Kier alpha value is -1.99. The van der Waals surface area contributed by atoms with Gasteiger partial charge in [0.25, 0.3) is 5.69 Å². The summed E-state index contributed by atoms with van der Waals surface area (Å²) in [7, 11) is 1.64. The van der Waals surface area contributed by atoms with Gasteiger partial charge in [0.1, 0.15) is 0 Å². The van der Waals surface area contributed by atoms with Crippen molar-refractivity contribution in [3.63, 3.8) is 0 Å². The van der Waals surface area contributed by atoms with Gasteiger partial charge in [-0.2, -0.15) is 13.2 Å². The van der Waals surface area contributed by atoms with E-state index in [1.165, 1.54) is 12.1 Å². The predicted octanol–water partition coefficient (Wildman–Crippen LogP) is 3.42. The molecule has 0 spiro atoms. The number of alkyl halides is 3. The quantitative estimate of drug-likeness (QED) is 0.686. The molecular formula is C13H16F3N3O2. The molecule has 0 amide bonds. The number of anilines is 2. The summed E-state index contributed by atoms with van der Waals surface area (Å²) in [5.74, 6) is -1.28. The van der Waals surface area contributed by atoms with E-state index in [0.29, 0.717) is 11.4 Å². The lowest BCUT2D eigenvalue weighted by Crippen LogP contribution is -2.39. The van der Waals surface area contributed by atoms with Crippen LogP contribution >= 0.6 is 0 Å². The molecule has 0 atom stereocenters. The molecule has 1 aliphatic rings. The molecule has 2 rings (SSSR count). The number of nitro benzene ring substituents is 1. The molecule has 0 radical (unpaired) electrons. The second kappa shape index (κ2) is 5.79. The van der Waals surface area contributed by atoms with E-state index in [-0.39, 0.29) is 31.6 Å². The Labute approximate surface area is 119 Å². The molecule has 1 fully saturated rings. The van der Waals surface area contributed by atoms with Gasteiger partial charge in [0, 0.05) is 43.6 Å². The van der Waals surface area contributed by atoms with Gasteiger partial charge in [-0.15, -0.1) is 0 Å². The molecule has 1 aromatic carbocycles. The van der Waals surface area contributed by atoms with E-state index in [1.54, 1.807) is 18.0 Å². The van der Waals surface area contributed by atoms with Crippen LogP contribution in [0.2, 0.25) is 0 Å². The monoisotopic (exact) mass is 303 g/mol. The molecule has 1 heterocycles. The van der Waals surface area contributed by atoms with Crippen LogP contribution in [0.15, 0.2) is 18.2 Å². The van der Waals surface area contributed by atoms with Crippen molar-refractivity contribution in [2.45, 2.75) is 19.0 Å². The minimum absolute atomic E-state index is 0.0150. The Morgan fingerprint density at radius 3 is 2.38 bits per heavy atom. The average molecular weight is 303 g/mol. The summed E-state index contributed by atoms with van der Waals surface area (Å²) in [5.41, 5.74) is 1.07. The largest absolute Gasteiger partial charge is 0.391 e. The van der Waals surface area contributed by atoms with E-state index in [9.17, 15) is 23.3 Å². The number of nitro groups is 1. The van der Waals surface area contributed by atoms with Crippen molar-refractivity contribution in [1.29, 1.82) is 0 Å². The summed E-state index contributed by atoms with van der Waals surface area (Å²) < 4.78 is 37.9. The van der Waals surface area contributed by atoms with Crippen LogP contribution in [0, 0.1) is 16.0 Å². The molecule has 0 aliphatic carbocycles. The van der Waals surface area contributed by atoms with Crippen LogP contribution in [-0.2, 0) is 0 Å². The molecule has 21 heavy (non-hydrogen) atoms. The van der Waals surface area contributed by atoms with Gasteiger partial charge in [0.2, 0.25) is 0 Å². The Bertz CT molecular complexity index is 526. The van der Waals surface area contributed by atoms with Crippen molar-refractivity contribution < 1.29 is 18.1 Å². The number of non-ortho nitro benzene ring substituents is 1. The number of benzene rings is 1. The number of rotatable bonds is 3. The first-order chi connectivity index (χ1) is 9.81. The van der Waals surface area contributed by atoms with E-state index in [4.69, 9.17) is 0 Å². The lowest BCUT2D eigenvalue weighted by molar-refractivity contribution is -0.384. The van der Waals surface area contributed by atoms with Gasteiger partial charge in [0.15, 0.2) is 0 Å². The highest BCUT2D eigenvalue weighted by atomic mass is 19.4. The van der Waals surface area contributed by atoms with Crippen molar-refractivity contribution in [3.05, 3.63) is 28.3 Å². The molecule has 0 aromatic heterocycles. The van der Waals surface area contributed by atoms with Crippen molar-refractivity contribution in [3.8, 4) is 0 Å². The topological polar surface area (TPSA) is 58.4 Å². The van der Waals surface area contributed by atoms with Gasteiger partial charge in [-0.25, -0.2) is 0 Å². The normalized spacial score (nSPS) is 16.9. The van der Waals surface area contributed by atoms with Crippen LogP contribution in [-0.4, -0.2) is 31.2 Å². The molecule has 1 aliphatic heterocycles. The maximum atomic E-state index is 12.6. The first-order valence-electron chi connectivity index (χ1n) is 6.60. The van der Waals surface area contributed by atoms with Crippen LogP contribution < -0.4 is 10.2 Å². The first-order valence-corrected chi connectivity index (χ1v) is 6.60. The molecule has 8 heteroatoms. The smallest absolute Gasteiger partial charge is 0.388 e. The minimum Gasteiger partial charge on any atom is -0.388 e. The number of hydrogen-bond acceptors (Lipinski definition) is 4. The van der Waals surface area contributed by atoms with Crippen LogP contribution in [0.1, 0.15) is 12.8 Å². The Kier molecular flexibility index (Phi) is 4.24. The zero-order valence-corrected chi connectivity index (χ0v) is 11.5. The second-order valence-corrected chi connectivity index (χ2v) is 5.05. The first kappa shape index (κ1) is 15.4. The van der Waals surface area contributed by atoms with E-state index >= 15 is 0 Å². The van der Waals surface area contributed by atoms with E-state index < -0.39 is 17.0 Å². The standard InChI is InChI=1S/C13H16F3N3O2/c1-17-10-6-11(8-12(7-10)19(20)21)18-4-2-9(3-5-18)13(14,15)16/h6-9,17H,2-5H2,1H3. The summed E-state index contributed by atoms with van der Waals surface area (Å²) in [4.78, 5) is 12.2. The number of nitrogens with zero attached hydrogens (tertiary/aromatic N) is 2. The maximum absolute atomic E-state index is 12.6. The van der Waals surface area contributed by atoms with Gasteiger partial charge in [-0.3, -0.25) is 10.1 Å². The van der Waals surface area contributed by atoms with E-state index in [2.05, 4.69) is 5.32 Å². The molecule has 116 valence electrons. The van der Waals surface area contributed by atoms with Crippen molar-refractivity contribution in [2.75, 3.05) is 30.4 Å². The Balaban J connectivity index is 2.16. The zero-order valence-electron chi connectivity index (χ0n) is 11.5. The second-order valence-electron chi connectivity index (χ2n) is 5.05. The van der Waals surface area contributed by atoms with Gasteiger partial charge >= 0.3 is 6.18 Å². The van der Waals surface area contributed by atoms with Crippen molar-refractivity contribution >= 4 is 17.1 Å². The number of piperidine rings is 1. The zero-order chi connectivity index (χ0) is 15.6. The molecule has 1 aromatic rings. The third-order valence-electron chi connectivity index (χ3n) is 3.73. The van der Waals surface area contributed by atoms with Crippen LogP contribution in [0.3, 0.4) is 0 Å². The Morgan fingerprint density at radius 1 is 1.29 bits per heavy atom. The Morgan fingerprint density at radius 2 is 1.90 bits per heavy atom. The predicted molar refractivity (Wildman–Crippen MR) is 73.6 cm³/mol. The minimum atomic E-state index is -4.16. The van der Waals surface area contributed by atoms with Gasteiger partial charge in [-0.1, -0.05) is 0 Å². The third kappa shape index (κ3) is 3.56. The average Bonchev–Trinajstić information content (AvgIpc) is 2.46. The van der Waals surface area contributed by atoms with Crippen molar-refractivity contribution in [1.82, 2.24) is 0 Å². The van der Waals surface area contributed by atoms with Gasteiger partial charge in [-0.05, 0) is 18.9 Å². The molecule has 0 unspecified atom stereocenters.